The van der Waals surface area contributed by atoms with Gasteiger partial charge in [0, 0.05) is 31.5 Å². The van der Waals surface area contributed by atoms with Crippen LogP contribution in [-0.4, -0.2) is 49.4 Å². The molecule has 1 heterocycles. The summed E-state index contributed by atoms with van der Waals surface area (Å²) in [6.45, 7) is 1.31. The van der Waals surface area contributed by atoms with E-state index in [1.54, 1.807) is 60.5 Å². The van der Waals surface area contributed by atoms with Gasteiger partial charge in [-0.15, -0.1) is 0 Å². The number of anilines is 1. The third-order valence-corrected chi connectivity index (χ3v) is 4.56. The van der Waals surface area contributed by atoms with E-state index in [0.29, 0.717) is 35.8 Å². The first-order chi connectivity index (χ1) is 16.1. The Morgan fingerprint density at radius 2 is 1.91 bits per heavy atom. The van der Waals surface area contributed by atoms with Crippen LogP contribution >= 0.6 is 0 Å². The highest BCUT2D eigenvalue weighted by molar-refractivity contribution is 5.84. The lowest BCUT2D eigenvalue weighted by atomic mass is 10.1. The fraction of sp³-hybridized carbons (Fsp3) is 0.250. The van der Waals surface area contributed by atoms with E-state index in [1.165, 1.54) is 6.07 Å². The van der Waals surface area contributed by atoms with Crippen molar-refractivity contribution < 1.29 is 19.0 Å². The summed E-state index contributed by atoms with van der Waals surface area (Å²) < 4.78 is 16.8. The monoisotopic (exact) mass is 448 g/mol. The summed E-state index contributed by atoms with van der Waals surface area (Å²) in [6, 6.07) is 17.6. The smallest absolute Gasteiger partial charge is 0.411 e. The molecule has 1 aromatic heterocycles. The number of carbonyl (C=O) groups excluding carboxylic acids is 1. The predicted octanol–water partition coefficient (Wildman–Crippen LogP) is 2.91. The van der Waals surface area contributed by atoms with Crippen LogP contribution in [0.2, 0.25) is 0 Å². The van der Waals surface area contributed by atoms with Crippen molar-refractivity contribution >= 4 is 11.8 Å². The Balaban J connectivity index is 1.63. The summed E-state index contributed by atoms with van der Waals surface area (Å²) >= 11 is 0. The molecule has 0 fully saturated rings. The van der Waals surface area contributed by atoms with Gasteiger partial charge in [-0.05, 0) is 35.9 Å². The van der Waals surface area contributed by atoms with Crippen molar-refractivity contribution in [2.24, 2.45) is 0 Å². The first-order valence-corrected chi connectivity index (χ1v) is 10.3. The quantitative estimate of drug-likeness (QED) is 0.474. The van der Waals surface area contributed by atoms with Crippen molar-refractivity contribution in [2.75, 3.05) is 38.9 Å². The van der Waals surface area contributed by atoms with Gasteiger partial charge in [0.2, 0.25) is 5.43 Å². The standard InChI is InChI=1S/C24H24N4O5/c1-31-10-11-32-12-13-33-24(30)26-20-6-2-4-18(14-20)16-22-23(29)8-9-28(27-22)21-7-3-5-19(15-21)17-25/h2-9,14-15H,10-13,16H2,1H3,(H,26,30). The van der Waals surface area contributed by atoms with E-state index >= 15 is 0 Å². The van der Waals surface area contributed by atoms with Gasteiger partial charge in [-0.25, -0.2) is 9.48 Å². The maximum Gasteiger partial charge on any atom is 0.411 e. The van der Waals surface area contributed by atoms with Crippen molar-refractivity contribution in [2.45, 2.75) is 6.42 Å². The highest BCUT2D eigenvalue weighted by Crippen LogP contribution is 2.14. The van der Waals surface area contributed by atoms with Crippen molar-refractivity contribution in [3.8, 4) is 11.8 Å². The minimum atomic E-state index is -0.597. The van der Waals surface area contributed by atoms with Gasteiger partial charge in [0.1, 0.15) is 12.3 Å². The lowest BCUT2D eigenvalue weighted by Gasteiger charge is -2.10. The number of carbonyl (C=O) groups is 1. The maximum atomic E-state index is 12.4. The second kappa shape index (κ2) is 12.1. The van der Waals surface area contributed by atoms with E-state index in [4.69, 9.17) is 19.5 Å². The molecule has 9 heteroatoms. The van der Waals surface area contributed by atoms with Gasteiger partial charge >= 0.3 is 6.09 Å². The van der Waals surface area contributed by atoms with Gasteiger partial charge in [-0.2, -0.15) is 10.4 Å². The molecule has 0 aliphatic rings. The van der Waals surface area contributed by atoms with E-state index in [-0.39, 0.29) is 25.1 Å². The second-order valence-corrected chi connectivity index (χ2v) is 6.98. The molecular formula is C24H24N4O5. The molecule has 170 valence electrons. The Hall–Kier alpha value is -4.00. The molecule has 0 spiro atoms. The van der Waals surface area contributed by atoms with Gasteiger partial charge in [0.25, 0.3) is 0 Å². The molecular weight excluding hydrogens is 424 g/mol. The number of aromatic nitrogens is 2. The number of nitrogens with zero attached hydrogens (tertiary/aromatic N) is 3. The van der Waals surface area contributed by atoms with Crippen molar-refractivity contribution in [1.29, 1.82) is 5.26 Å². The van der Waals surface area contributed by atoms with E-state index in [2.05, 4.69) is 16.5 Å². The average Bonchev–Trinajstić information content (AvgIpc) is 2.83. The molecule has 0 unspecified atom stereocenters. The van der Waals surface area contributed by atoms with Crippen LogP contribution in [0.1, 0.15) is 16.8 Å². The van der Waals surface area contributed by atoms with Crippen molar-refractivity contribution in [1.82, 2.24) is 9.78 Å². The predicted molar refractivity (Wildman–Crippen MR) is 121 cm³/mol. The Labute approximate surface area is 191 Å². The zero-order valence-corrected chi connectivity index (χ0v) is 18.2. The molecule has 2 aromatic carbocycles. The number of nitriles is 1. The minimum absolute atomic E-state index is 0.121. The van der Waals surface area contributed by atoms with Crippen LogP contribution in [-0.2, 0) is 20.6 Å². The lowest BCUT2D eigenvalue weighted by Crippen LogP contribution is -2.18. The number of ether oxygens (including phenoxy) is 3. The summed E-state index contributed by atoms with van der Waals surface area (Å²) in [5.41, 5.74) is 2.66. The zero-order valence-electron chi connectivity index (χ0n) is 18.2. The van der Waals surface area contributed by atoms with E-state index < -0.39 is 6.09 Å². The molecule has 0 radical (unpaired) electrons. The highest BCUT2D eigenvalue weighted by atomic mass is 16.6. The number of rotatable bonds is 10. The topological polar surface area (TPSA) is 115 Å². The number of amides is 1. The lowest BCUT2D eigenvalue weighted by molar-refractivity contribution is 0.0447. The largest absolute Gasteiger partial charge is 0.447 e. The number of nitrogens with one attached hydrogen (secondary N) is 1. The summed E-state index contributed by atoms with van der Waals surface area (Å²) in [6.07, 6.45) is 1.24. The Morgan fingerprint density at radius 3 is 2.73 bits per heavy atom. The van der Waals surface area contributed by atoms with Gasteiger partial charge in [-0.1, -0.05) is 18.2 Å². The first kappa shape index (κ1) is 23.7. The van der Waals surface area contributed by atoms with Crippen LogP contribution in [0.3, 0.4) is 0 Å². The third-order valence-electron chi connectivity index (χ3n) is 4.56. The number of hydrogen-bond acceptors (Lipinski definition) is 7. The number of methoxy groups -OCH3 is 1. The minimum Gasteiger partial charge on any atom is -0.447 e. The number of hydrogen-bond donors (Lipinski definition) is 1. The van der Waals surface area contributed by atoms with Gasteiger partial charge < -0.3 is 14.2 Å². The van der Waals surface area contributed by atoms with Crippen LogP contribution in [0.5, 0.6) is 0 Å². The molecule has 0 saturated carbocycles. The van der Waals surface area contributed by atoms with Crippen LogP contribution < -0.4 is 10.7 Å². The molecule has 0 aliphatic carbocycles. The normalized spacial score (nSPS) is 10.4. The van der Waals surface area contributed by atoms with Crippen molar-refractivity contribution in [3.05, 3.63) is 87.8 Å². The molecule has 0 atom stereocenters. The van der Waals surface area contributed by atoms with Gasteiger partial charge in [0.15, 0.2) is 0 Å². The molecule has 0 saturated heterocycles. The second-order valence-electron chi connectivity index (χ2n) is 6.98. The Bertz CT molecular complexity index is 1190. The van der Waals surface area contributed by atoms with E-state index in [9.17, 15) is 9.59 Å². The Kier molecular flexibility index (Phi) is 8.71. The molecule has 0 bridgehead atoms. The fourth-order valence-electron chi connectivity index (χ4n) is 2.98. The maximum absolute atomic E-state index is 12.4. The third kappa shape index (κ3) is 7.28. The van der Waals surface area contributed by atoms with Crippen LogP contribution in [0.15, 0.2) is 65.6 Å². The van der Waals surface area contributed by atoms with Crippen LogP contribution in [0, 0.1) is 11.3 Å². The van der Waals surface area contributed by atoms with Crippen molar-refractivity contribution in [3.63, 3.8) is 0 Å². The van der Waals surface area contributed by atoms with Crippen LogP contribution in [0.25, 0.3) is 5.69 Å². The molecule has 0 aliphatic heterocycles. The SMILES string of the molecule is COCCOCCOC(=O)Nc1cccc(Cc2nn(-c3cccc(C#N)c3)ccc2=O)c1. The zero-order chi connectivity index (χ0) is 23.5. The molecule has 9 nitrogen and oxygen atoms in total. The van der Waals surface area contributed by atoms with Gasteiger partial charge in [0.05, 0.1) is 37.1 Å². The van der Waals surface area contributed by atoms with E-state index in [1.807, 2.05) is 6.07 Å². The molecule has 1 N–H and O–H groups in total. The average molecular weight is 448 g/mol. The summed E-state index contributed by atoms with van der Waals surface area (Å²) in [5, 5.41) is 16.2. The molecule has 3 aromatic rings. The van der Waals surface area contributed by atoms with Crippen LogP contribution in [0.4, 0.5) is 10.5 Å². The first-order valence-electron chi connectivity index (χ1n) is 10.3. The number of benzene rings is 2. The molecule has 3 rings (SSSR count). The van der Waals surface area contributed by atoms with E-state index in [0.717, 1.165) is 5.56 Å². The van der Waals surface area contributed by atoms with Gasteiger partial charge in [-0.3, -0.25) is 10.1 Å². The molecule has 1 amide bonds. The Morgan fingerprint density at radius 1 is 1.09 bits per heavy atom. The summed E-state index contributed by atoms with van der Waals surface area (Å²) in [5.74, 6) is 0. The summed E-state index contributed by atoms with van der Waals surface area (Å²) in [7, 11) is 1.58. The highest BCUT2D eigenvalue weighted by Gasteiger charge is 2.08. The summed E-state index contributed by atoms with van der Waals surface area (Å²) in [4.78, 5) is 24.3. The fourth-order valence-corrected chi connectivity index (χ4v) is 2.98. The molecule has 33 heavy (non-hydrogen) atoms.